The molecule has 2 aliphatic heterocycles. The molecule has 3 aliphatic rings. The van der Waals surface area contributed by atoms with Crippen LogP contribution in [0.25, 0.3) is 16.9 Å². The van der Waals surface area contributed by atoms with Crippen molar-refractivity contribution in [1.82, 2.24) is 29.7 Å². The molecule has 0 spiro atoms. The number of morpholine rings is 1. The van der Waals surface area contributed by atoms with E-state index < -0.39 is 24.2 Å². The van der Waals surface area contributed by atoms with Gasteiger partial charge in [-0.3, -0.25) is 14.3 Å². The average molecular weight is 641 g/mol. The lowest BCUT2D eigenvalue weighted by Gasteiger charge is -2.32. The maximum atomic E-state index is 14.2. The van der Waals surface area contributed by atoms with Gasteiger partial charge in [0.1, 0.15) is 23.3 Å². The number of alkyl halides is 2. The summed E-state index contributed by atoms with van der Waals surface area (Å²) >= 11 is 0. The third kappa shape index (κ3) is 7.16. The fourth-order valence-electron chi connectivity index (χ4n) is 6.43. The summed E-state index contributed by atoms with van der Waals surface area (Å²) in [7, 11) is 0. The Balaban J connectivity index is 1.15. The van der Waals surface area contributed by atoms with Gasteiger partial charge in [-0.1, -0.05) is 12.1 Å². The van der Waals surface area contributed by atoms with E-state index in [-0.39, 0.29) is 23.8 Å². The molecule has 1 aliphatic carbocycles. The van der Waals surface area contributed by atoms with Crippen molar-refractivity contribution in [2.75, 3.05) is 43.1 Å². The number of benzene rings is 1. The predicted octanol–water partition coefficient (Wildman–Crippen LogP) is 4.83. The monoisotopic (exact) mass is 640 g/mol. The van der Waals surface area contributed by atoms with Gasteiger partial charge in [0.25, 0.3) is 6.43 Å². The average Bonchev–Trinajstić information content (AvgIpc) is 3.68. The molecule has 3 aromatic rings. The quantitative estimate of drug-likeness (QED) is 0.374. The highest BCUT2D eigenvalue weighted by atomic mass is 19.3. The number of para-hydroxylation sites is 2. The number of aromatic nitrogens is 4. The van der Waals surface area contributed by atoms with Gasteiger partial charge < -0.3 is 25.0 Å². The number of nitrogens with one attached hydrogen (secondary N) is 2. The zero-order valence-corrected chi connectivity index (χ0v) is 26.5. The van der Waals surface area contributed by atoms with Crippen molar-refractivity contribution in [2.45, 2.75) is 89.4 Å². The van der Waals surface area contributed by atoms with Crippen molar-refractivity contribution in [3.8, 4) is 5.82 Å². The molecule has 2 N–H and O–H groups in total. The molecule has 2 aromatic heterocycles. The molecule has 2 saturated heterocycles. The fourth-order valence-corrected chi connectivity index (χ4v) is 6.43. The van der Waals surface area contributed by atoms with Crippen LogP contribution in [-0.2, 0) is 14.3 Å². The smallest absolute Gasteiger partial charge is 0.410 e. The van der Waals surface area contributed by atoms with Crippen molar-refractivity contribution in [1.29, 1.82) is 0 Å². The van der Waals surface area contributed by atoms with E-state index in [2.05, 4.69) is 20.5 Å². The number of fused-ring (bicyclic) bond motifs is 1. The molecule has 1 saturated carbocycles. The number of amides is 2. The maximum Gasteiger partial charge on any atom is 0.410 e. The number of carbonyl (C=O) groups is 2. The van der Waals surface area contributed by atoms with Gasteiger partial charge in [-0.25, -0.2) is 18.6 Å². The topological polar surface area (TPSA) is 127 Å². The molecule has 6 rings (SSSR count). The second-order valence-corrected chi connectivity index (χ2v) is 13.1. The van der Waals surface area contributed by atoms with E-state index in [9.17, 15) is 18.4 Å². The molecule has 248 valence electrons. The van der Waals surface area contributed by atoms with E-state index in [0.717, 1.165) is 32.1 Å². The molecule has 1 atom stereocenters. The van der Waals surface area contributed by atoms with Crippen LogP contribution in [-0.4, -0.2) is 93.0 Å². The van der Waals surface area contributed by atoms with Gasteiger partial charge in [-0.05, 0) is 71.4 Å². The first-order valence-electron chi connectivity index (χ1n) is 16.1. The molecule has 12 nitrogen and oxygen atoms in total. The zero-order valence-electron chi connectivity index (χ0n) is 26.5. The number of rotatable bonds is 7. The van der Waals surface area contributed by atoms with E-state index in [1.807, 2.05) is 20.8 Å². The first kappa shape index (κ1) is 31.9. The summed E-state index contributed by atoms with van der Waals surface area (Å²) in [6, 6.07) is 8.23. The summed E-state index contributed by atoms with van der Waals surface area (Å²) in [6.07, 6.45) is 1.09. The number of hydrogen-bond acceptors (Lipinski definition) is 9. The van der Waals surface area contributed by atoms with Crippen LogP contribution in [0.1, 0.15) is 71.5 Å². The van der Waals surface area contributed by atoms with Crippen LogP contribution in [0.2, 0.25) is 0 Å². The van der Waals surface area contributed by atoms with Crippen molar-refractivity contribution in [3.63, 3.8) is 0 Å². The number of imidazole rings is 1. The molecule has 3 fully saturated rings. The van der Waals surface area contributed by atoms with Gasteiger partial charge in [-0.15, -0.1) is 0 Å². The number of anilines is 2. The Labute approximate surface area is 266 Å². The van der Waals surface area contributed by atoms with E-state index in [4.69, 9.17) is 19.4 Å². The van der Waals surface area contributed by atoms with Gasteiger partial charge in [0.05, 0.1) is 24.2 Å². The molecule has 0 radical (unpaired) electrons. The molecule has 0 bridgehead atoms. The van der Waals surface area contributed by atoms with Crippen LogP contribution in [0.5, 0.6) is 0 Å². The van der Waals surface area contributed by atoms with Crippen LogP contribution < -0.4 is 15.5 Å². The Morgan fingerprint density at radius 3 is 2.37 bits per heavy atom. The lowest BCUT2D eigenvalue weighted by atomic mass is 9.91. The van der Waals surface area contributed by atoms with Crippen LogP contribution in [0.15, 0.2) is 30.3 Å². The normalized spacial score (nSPS) is 22.3. The highest BCUT2D eigenvalue weighted by Gasteiger charge is 2.37. The van der Waals surface area contributed by atoms with Gasteiger partial charge >= 0.3 is 6.09 Å². The van der Waals surface area contributed by atoms with Crippen LogP contribution in [0, 0.1) is 0 Å². The van der Waals surface area contributed by atoms with E-state index in [1.165, 1.54) is 9.47 Å². The molecule has 2 amide bonds. The Hall–Kier alpha value is -4.07. The summed E-state index contributed by atoms with van der Waals surface area (Å²) in [5.74, 6) is 0.773. The maximum absolute atomic E-state index is 14.2. The minimum atomic E-state index is -2.79. The second kappa shape index (κ2) is 13.3. The highest BCUT2D eigenvalue weighted by molar-refractivity contribution is 5.86. The van der Waals surface area contributed by atoms with E-state index in [1.54, 1.807) is 30.3 Å². The zero-order chi connectivity index (χ0) is 32.4. The first-order valence-corrected chi connectivity index (χ1v) is 16.1. The van der Waals surface area contributed by atoms with Gasteiger partial charge in [0.15, 0.2) is 5.82 Å². The largest absolute Gasteiger partial charge is 0.444 e. The van der Waals surface area contributed by atoms with Crippen LogP contribution in [0.3, 0.4) is 0 Å². The number of halogens is 2. The van der Waals surface area contributed by atoms with E-state index >= 15 is 0 Å². The van der Waals surface area contributed by atoms with E-state index in [0.29, 0.717) is 67.9 Å². The third-order valence-electron chi connectivity index (χ3n) is 8.64. The van der Waals surface area contributed by atoms with Crippen molar-refractivity contribution in [3.05, 3.63) is 36.2 Å². The molecular weight excluding hydrogens is 598 g/mol. The SMILES string of the molecule is CC(C)(C)OC(=O)N1CCC[C@H]1C(=O)N[C@H]1CC[C@H](Nc2nc(N3CCOCC3)cc(-n3c(C(F)F)nc4ccccc43)n2)CC1. The summed E-state index contributed by atoms with van der Waals surface area (Å²) < 4.78 is 40.9. The molecule has 46 heavy (non-hydrogen) atoms. The van der Waals surface area contributed by atoms with Crippen molar-refractivity contribution < 1.29 is 27.8 Å². The van der Waals surface area contributed by atoms with Crippen molar-refractivity contribution in [2.24, 2.45) is 0 Å². The Kier molecular flexibility index (Phi) is 9.25. The number of ether oxygens (including phenoxy) is 2. The number of likely N-dealkylation sites (tertiary alicyclic amines) is 1. The van der Waals surface area contributed by atoms with Gasteiger partial charge in [0.2, 0.25) is 11.9 Å². The second-order valence-electron chi connectivity index (χ2n) is 13.1. The summed E-state index contributed by atoms with van der Waals surface area (Å²) in [5.41, 5.74) is 0.376. The highest BCUT2D eigenvalue weighted by Crippen LogP contribution is 2.30. The molecule has 0 unspecified atom stereocenters. The lowest BCUT2D eigenvalue weighted by molar-refractivity contribution is -0.126. The van der Waals surface area contributed by atoms with Crippen molar-refractivity contribution >= 4 is 34.8 Å². The van der Waals surface area contributed by atoms with Crippen LogP contribution >= 0.6 is 0 Å². The summed E-state index contributed by atoms with van der Waals surface area (Å²) in [5, 5.41) is 6.61. The van der Waals surface area contributed by atoms with Gasteiger partial charge in [-0.2, -0.15) is 9.97 Å². The Morgan fingerprint density at radius 2 is 1.65 bits per heavy atom. The number of nitrogens with zero attached hydrogens (tertiary/aromatic N) is 6. The number of carbonyl (C=O) groups excluding carboxylic acids is 2. The third-order valence-corrected chi connectivity index (χ3v) is 8.64. The number of hydrogen-bond donors (Lipinski definition) is 2. The van der Waals surface area contributed by atoms with Crippen LogP contribution in [0.4, 0.5) is 25.3 Å². The van der Waals surface area contributed by atoms with Gasteiger partial charge in [0, 0.05) is 37.8 Å². The molecular formula is C32H42F2N8O4. The lowest BCUT2D eigenvalue weighted by Crippen LogP contribution is -2.50. The fraction of sp³-hybridized carbons (Fsp3) is 0.594. The minimum Gasteiger partial charge on any atom is -0.444 e. The molecule has 4 heterocycles. The minimum absolute atomic E-state index is 0.0197. The molecule has 1 aromatic carbocycles. The summed E-state index contributed by atoms with van der Waals surface area (Å²) in [6.45, 7) is 8.28. The first-order chi connectivity index (χ1) is 22.1. The molecule has 14 heteroatoms. The Morgan fingerprint density at radius 1 is 0.957 bits per heavy atom. The Bertz CT molecular complexity index is 1550. The summed E-state index contributed by atoms with van der Waals surface area (Å²) in [4.78, 5) is 43.2. The standard InChI is InChI=1S/C32H42F2N8O4/c1-32(2,3)46-31(44)41-14-6-9-24(41)29(43)35-20-10-12-21(13-11-20)36-30-38-25(40-15-17-45-18-16-40)19-26(39-30)42-23-8-5-4-7-22(23)37-28(42)27(33)34/h4-5,7-8,19-21,24,27H,6,9-18H2,1-3H3,(H,35,43)(H,36,38,39)/t20-,21-,24-/m0/s1. The predicted molar refractivity (Wildman–Crippen MR) is 168 cm³/mol.